The van der Waals surface area contributed by atoms with Crippen molar-refractivity contribution in [2.75, 3.05) is 36.5 Å². The number of nitrogens with zero attached hydrogens (tertiary/aromatic N) is 2. The lowest BCUT2D eigenvalue weighted by molar-refractivity contribution is -0.122. The molecule has 34 heavy (non-hydrogen) atoms. The van der Waals surface area contributed by atoms with Crippen LogP contribution in [0.2, 0.25) is 0 Å². The van der Waals surface area contributed by atoms with Gasteiger partial charge in [0.1, 0.15) is 10.9 Å². The van der Waals surface area contributed by atoms with E-state index in [1.807, 2.05) is 44.2 Å². The monoisotopic (exact) mass is 495 g/mol. The average Bonchev–Trinajstić information content (AvgIpc) is 3.25. The Hall–Kier alpha value is -3.01. The number of thioether (sulfide) groups is 1. The van der Waals surface area contributed by atoms with Gasteiger partial charge in [0, 0.05) is 31.0 Å². The summed E-state index contributed by atoms with van der Waals surface area (Å²) in [5.74, 6) is -0.984. The van der Waals surface area contributed by atoms with Gasteiger partial charge < -0.3 is 10.1 Å². The summed E-state index contributed by atoms with van der Waals surface area (Å²) in [4.78, 5) is 42.6. The number of carbonyl (C=O) groups excluding carboxylic acids is 3. The summed E-state index contributed by atoms with van der Waals surface area (Å²) in [6, 6.07) is 14.6. The first-order chi connectivity index (χ1) is 16.4. The number of thiocarbonyl (C=S) groups is 1. The van der Waals surface area contributed by atoms with E-state index >= 15 is 0 Å². The molecule has 2 heterocycles. The molecule has 1 saturated heterocycles. The summed E-state index contributed by atoms with van der Waals surface area (Å²) >= 11 is 6.56. The zero-order valence-electron chi connectivity index (χ0n) is 19.0. The zero-order valence-corrected chi connectivity index (χ0v) is 20.6. The number of anilines is 2. The number of para-hydroxylation sites is 1. The Bertz CT molecular complexity index is 1180. The van der Waals surface area contributed by atoms with Crippen molar-refractivity contribution >= 4 is 63.0 Å². The molecule has 3 amide bonds. The molecule has 0 radical (unpaired) electrons. The highest BCUT2D eigenvalue weighted by molar-refractivity contribution is 8.26. The number of carbonyl (C=O) groups is 3. The van der Waals surface area contributed by atoms with Crippen LogP contribution in [-0.4, -0.2) is 53.2 Å². The van der Waals surface area contributed by atoms with E-state index in [0.717, 1.165) is 17.3 Å². The second kappa shape index (κ2) is 10.5. The first kappa shape index (κ1) is 24.1. The molecule has 4 rings (SSSR count). The maximum Gasteiger partial charge on any atom is 0.267 e. The van der Waals surface area contributed by atoms with Crippen molar-refractivity contribution in [3.05, 3.63) is 64.6 Å². The van der Waals surface area contributed by atoms with Gasteiger partial charge in [-0.3, -0.25) is 24.2 Å². The standard InChI is InChI=1S/C25H25N3O4S2/c1-3-32-14-6-13-27-24(31)22(34-25(27)33)21-18-7-4-5-8-19(18)28(23(21)30)15-20(29)26-17-11-9-16(2)10-12-17/h4-5,7-12H,3,6,13-15H2,1-2H3,(H,26,29)/b22-21-. The van der Waals surface area contributed by atoms with E-state index in [2.05, 4.69) is 5.32 Å². The Labute approximate surface area is 208 Å². The van der Waals surface area contributed by atoms with Crippen molar-refractivity contribution in [3.63, 3.8) is 0 Å². The van der Waals surface area contributed by atoms with Gasteiger partial charge in [0.25, 0.3) is 11.8 Å². The maximum atomic E-state index is 13.5. The average molecular weight is 496 g/mol. The zero-order chi connectivity index (χ0) is 24.2. The minimum Gasteiger partial charge on any atom is -0.382 e. The number of ether oxygens (including phenoxy) is 1. The third-order valence-electron chi connectivity index (χ3n) is 5.51. The summed E-state index contributed by atoms with van der Waals surface area (Å²) in [7, 11) is 0. The molecule has 7 nitrogen and oxygen atoms in total. The van der Waals surface area contributed by atoms with Crippen LogP contribution < -0.4 is 10.2 Å². The molecule has 1 fully saturated rings. The SMILES string of the molecule is CCOCCCN1C(=O)/C(=C2/C(=O)N(CC(=O)Nc3ccc(C)cc3)c3ccccc32)SC1=S. The van der Waals surface area contributed by atoms with Crippen molar-refractivity contribution in [2.45, 2.75) is 20.3 Å². The van der Waals surface area contributed by atoms with Crippen molar-refractivity contribution in [1.29, 1.82) is 0 Å². The number of benzene rings is 2. The van der Waals surface area contributed by atoms with E-state index in [-0.39, 0.29) is 24.3 Å². The largest absolute Gasteiger partial charge is 0.382 e. The molecule has 2 aliphatic heterocycles. The van der Waals surface area contributed by atoms with Crippen LogP contribution in [0.1, 0.15) is 24.5 Å². The highest BCUT2D eigenvalue weighted by atomic mass is 32.2. The number of rotatable bonds is 8. The molecular formula is C25H25N3O4S2. The number of aryl methyl sites for hydroxylation is 1. The molecule has 0 unspecified atom stereocenters. The molecule has 0 saturated carbocycles. The molecule has 0 bridgehead atoms. The van der Waals surface area contributed by atoms with Crippen LogP contribution in [0.4, 0.5) is 11.4 Å². The van der Waals surface area contributed by atoms with Gasteiger partial charge in [0.05, 0.1) is 16.2 Å². The van der Waals surface area contributed by atoms with E-state index in [0.29, 0.717) is 57.9 Å². The van der Waals surface area contributed by atoms with Crippen LogP contribution in [0.25, 0.3) is 5.57 Å². The molecule has 2 aliphatic rings. The van der Waals surface area contributed by atoms with Gasteiger partial charge in [-0.15, -0.1) is 0 Å². The molecule has 0 aromatic heterocycles. The van der Waals surface area contributed by atoms with Crippen molar-refractivity contribution in [2.24, 2.45) is 0 Å². The Kier molecular flexibility index (Phi) is 7.45. The predicted molar refractivity (Wildman–Crippen MR) is 139 cm³/mol. The fourth-order valence-electron chi connectivity index (χ4n) is 3.85. The van der Waals surface area contributed by atoms with Gasteiger partial charge >= 0.3 is 0 Å². The Morgan fingerprint density at radius 3 is 2.53 bits per heavy atom. The van der Waals surface area contributed by atoms with Crippen LogP contribution in [0.3, 0.4) is 0 Å². The second-order valence-electron chi connectivity index (χ2n) is 7.90. The topological polar surface area (TPSA) is 79.0 Å². The van der Waals surface area contributed by atoms with E-state index in [1.165, 1.54) is 9.80 Å². The highest BCUT2D eigenvalue weighted by Gasteiger charge is 2.42. The molecule has 0 aliphatic carbocycles. The smallest absolute Gasteiger partial charge is 0.267 e. The summed E-state index contributed by atoms with van der Waals surface area (Å²) in [6.45, 7) is 5.29. The van der Waals surface area contributed by atoms with Crippen molar-refractivity contribution < 1.29 is 19.1 Å². The first-order valence-electron chi connectivity index (χ1n) is 11.0. The number of fused-ring (bicyclic) bond motifs is 1. The molecule has 176 valence electrons. The molecule has 0 spiro atoms. The number of amides is 3. The van der Waals surface area contributed by atoms with E-state index in [9.17, 15) is 14.4 Å². The lowest BCUT2D eigenvalue weighted by atomic mass is 10.1. The first-order valence-corrected chi connectivity index (χ1v) is 12.3. The van der Waals surface area contributed by atoms with Gasteiger partial charge in [-0.05, 0) is 38.5 Å². The second-order valence-corrected chi connectivity index (χ2v) is 9.55. The third kappa shape index (κ3) is 4.91. The van der Waals surface area contributed by atoms with Gasteiger partial charge in [0.15, 0.2) is 0 Å². The lowest BCUT2D eigenvalue weighted by Crippen LogP contribution is -2.35. The summed E-state index contributed by atoms with van der Waals surface area (Å²) in [5.41, 5.74) is 3.27. The van der Waals surface area contributed by atoms with E-state index in [4.69, 9.17) is 17.0 Å². The van der Waals surface area contributed by atoms with Crippen LogP contribution in [0.5, 0.6) is 0 Å². The fourth-order valence-corrected chi connectivity index (χ4v) is 5.23. The van der Waals surface area contributed by atoms with Crippen LogP contribution in [0, 0.1) is 6.92 Å². The maximum absolute atomic E-state index is 13.5. The molecular weight excluding hydrogens is 470 g/mol. The Morgan fingerprint density at radius 2 is 1.79 bits per heavy atom. The lowest BCUT2D eigenvalue weighted by Gasteiger charge is -2.17. The minimum absolute atomic E-state index is 0.165. The normalized spacial score (nSPS) is 17.5. The van der Waals surface area contributed by atoms with Gasteiger partial charge in [-0.1, -0.05) is 59.9 Å². The molecule has 1 N–H and O–H groups in total. The quantitative estimate of drug-likeness (QED) is 0.339. The molecule has 2 aromatic rings. The fraction of sp³-hybridized carbons (Fsp3) is 0.280. The summed E-state index contributed by atoms with van der Waals surface area (Å²) in [5, 5.41) is 2.83. The number of hydrogen-bond acceptors (Lipinski definition) is 6. The summed E-state index contributed by atoms with van der Waals surface area (Å²) < 4.78 is 5.78. The van der Waals surface area contributed by atoms with Gasteiger partial charge in [0.2, 0.25) is 5.91 Å². The number of nitrogens with one attached hydrogen (secondary N) is 1. The minimum atomic E-state index is -0.380. The van der Waals surface area contributed by atoms with E-state index < -0.39 is 0 Å². The molecule has 9 heteroatoms. The number of hydrogen-bond donors (Lipinski definition) is 1. The van der Waals surface area contributed by atoms with Crippen LogP contribution in [-0.2, 0) is 19.1 Å². The molecule has 2 aromatic carbocycles. The molecule has 0 atom stereocenters. The third-order valence-corrected chi connectivity index (χ3v) is 6.96. The highest BCUT2D eigenvalue weighted by Crippen LogP contribution is 2.44. The van der Waals surface area contributed by atoms with Crippen molar-refractivity contribution in [3.8, 4) is 0 Å². The van der Waals surface area contributed by atoms with Crippen molar-refractivity contribution in [1.82, 2.24) is 4.90 Å². The van der Waals surface area contributed by atoms with Gasteiger partial charge in [-0.25, -0.2) is 0 Å². The van der Waals surface area contributed by atoms with E-state index in [1.54, 1.807) is 18.2 Å². The summed E-state index contributed by atoms with van der Waals surface area (Å²) in [6.07, 6.45) is 0.652. The predicted octanol–water partition coefficient (Wildman–Crippen LogP) is 3.98. The van der Waals surface area contributed by atoms with Gasteiger partial charge in [-0.2, -0.15) is 0 Å². The Morgan fingerprint density at radius 1 is 1.06 bits per heavy atom. The van der Waals surface area contributed by atoms with Crippen LogP contribution >= 0.6 is 24.0 Å². The Balaban J connectivity index is 1.57. The van der Waals surface area contributed by atoms with Crippen LogP contribution in [0.15, 0.2) is 53.4 Å².